The second-order valence-corrected chi connectivity index (χ2v) is 7.22. The van der Waals surface area contributed by atoms with E-state index in [1.807, 2.05) is 0 Å². The molecule has 0 aliphatic carbocycles. The van der Waals surface area contributed by atoms with Crippen LogP contribution < -0.4 is 4.72 Å². The zero-order valence-corrected chi connectivity index (χ0v) is 13.3. The minimum absolute atomic E-state index is 0.0454. The van der Waals surface area contributed by atoms with E-state index >= 15 is 0 Å². The van der Waals surface area contributed by atoms with Gasteiger partial charge in [-0.2, -0.15) is 0 Å². The van der Waals surface area contributed by atoms with Crippen molar-refractivity contribution in [2.75, 3.05) is 20.1 Å². The van der Waals surface area contributed by atoms with E-state index in [1.165, 1.54) is 30.1 Å². The molecule has 1 aliphatic heterocycles. The van der Waals surface area contributed by atoms with Crippen LogP contribution >= 0.6 is 11.6 Å². The van der Waals surface area contributed by atoms with Crippen LogP contribution in [0.25, 0.3) is 0 Å². The summed E-state index contributed by atoms with van der Waals surface area (Å²) in [5.41, 5.74) is 0.0454. The highest BCUT2D eigenvalue weighted by Gasteiger charge is 2.32. The van der Waals surface area contributed by atoms with E-state index in [1.54, 1.807) is 0 Å². The van der Waals surface area contributed by atoms with Gasteiger partial charge in [0.1, 0.15) is 0 Å². The number of hydrogen-bond acceptors (Lipinski definition) is 4. The largest absolute Gasteiger partial charge is 0.481 e. The van der Waals surface area contributed by atoms with E-state index < -0.39 is 27.8 Å². The number of benzene rings is 1. The van der Waals surface area contributed by atoms with Gasteiger partial charge in [0, 0.05) is 13.1 Å². The Morgan fingerprint density at radius 3 is 2.64 bits per heavy atom. The topological polar surface area (TPSA) is 104 Å². The molecule has 0 aromatic heterocycles. The third kappa shape index (κ3) is 3.23. The Bertz CT molecular complexity index is 719. The van der Waals surface area contributed by atoms with Crippen LogP contribution in [0.3, 0.4) is 0 Å². The zero-order valence-electron chi connectivity index (χ0n) is 11.7. The van der Waals surface area contributed by atoms with Gasteiger partial charge < -0.3 is 10.0 Å². The molecule has 2 rings (SSSR count). The van der Waals surface area contributed by atoms with Gasteiger partial charge in [-0.25, -0.2) is 13.1 Å². The van der Waals surface area contributed by atoms with Crippen molar-refractivity contribution in [3.63, 3.8) is 0 Å². The van der Waals surface area contributed by atoms with Crippen LogP contribution in [-0.2, 0) is 14.8 Å². The van der Waals surface area contributed by atoms with Crippen LogP contribution in [0.5, 0.6) is 0 Å². The first-order chi connectivity index (χ1) is 10.3. The summed E-state index contributed by atoms with van der Waals surface area (Å²) in [5.74, 6) is -2.03. The molecule has 0 saturated carbocycles. The molecular formula is C13H15ClN2O5S. The molecule has 2 N–H and O–H groups in total. The summed E-state index contributed by atoms with van der Waals surface area (Å²) in [4.78, 5) is 24.7. The van der Waals surface area contributed by atoms with Gasteiger partial charge in [0.05, 0.1) is 21.4 Å². The number of nitrogens with zero attached hydrogens (tertiary/aromatic N) is 1. The lowest BCUT2D eigenvalue weighted by molar-refractivity contribution is -0.141. The van der Waals surface area contributed by atoms with E-state index in [9.17, 15) is 18.0 Å². The predicted octanol–water partition coefficient (Wildman–Crippen LogP) is 0.795. The second-order valence-electron chi connectivity index (χ2n) is 4.92. The number of carboxylic acid groups (broad SMARTS) is 1. The zero-order chi connectivity index (χ0) is 16.5. The Kier molecular flexibility index (Phi) is 4.74. The number of rotatable bonds is 4. The van der Waals surface area contributed by atoms with Gasteiger partial charge in [-0.1, -0.05) is 11.6 Å². The van der Waals surface area contributed by atoms with Crippen LogP contribution in [0.4, 0.5) is 0 Å². The third-order valence-corrected chi connectivity index (χ3v) is 5.31. The van der Waals surface area contributed by atoms with Crippen molar-refractivity contribution in [1.82, 2.24) is 9.62 Å². The minimum atomic E-state index is -3.69. The molecule has 1 atom stereocenters. The maximum Gasteiger partial charge on any atom is 0.308 e. The van der Waals surface area contributed by atoms with Crippen molar-refractivity contribution >= 4 is 33.5 Å². The van der Waals surface area contributed by atoms with E-state index in [0.29, 0.717) is 13.0 Å². The van der Waals surface area contributed by atoms with Gasteiger partial charge >= 0.3 is 5.97 Å². The highest BCUT2D eigenvalue weighted by Crippen LogP contribution is 2.25. The SMILES string of the molecule is CNS(=O)(=O)c1ccc(Cl)c(C(=O)N2CCC(C(=O)O)C2)c1. The van der Waals surface area contributed by atoms with Gasteiger partial charge in [-0.15, -0.1) is 0 Å². The van der Waals surface area contributed by atoms with Crippen molar-refractivity contribution in [2.24, 2.45) is 5.92 Å². The van der Waals surface area contributed by atoms with Crippen LogP contribution in [0.1, 0.15) is 16.8 Å². The Morgan fingerprint density at radius 2 is 2.09 bits per heavy atom. The van der Waals surface area contributed by atoms with Gasteiger partial charge in [-0.3, -0.25) is 9.59 Å². The number of carbonyl (C=O) groups excluding carboxylic acids is 1. The predicted molar refractivity (Wildman–Crippen MR) is 79.3 cm³/mol. The number of aliphatic carboxylic acids is 1. The number of carboxylic acids is 1. The number of amides is 1. The molecule has 0 spiro atoms. The van der Waals surface area contributed by atoms with Gasteiger partial charge in [-0.05, 0) is 31.7 Å². The second kappa shape index (κ2) is 6.23. The Labute approximate surface area is 132 Å². The van der Waals surface area contributed by atoms with E-state index in [4.69, 9.17) is 16.7 Å². The molecule has 1 aliphatic rings. The van der Waals surface area contributed by atoms with Crippen LogP contribution in [0.15, 0.2) is 23.1 Å². The average Bonchev–Trinajstić information content (AvgIpc) is 2.97. The van der Waals surface area contributed by atoms with Gasteiger partial charge in [0.25, 0.3) is 5.91 Å². The first kappa shape index (κ1) is 16.7. The van der Waals surface area contributed by atoms with Crippen LogP contribution in [0.2, 0.25) is 5.02 Å². The highest BCUT2D eigenvalue weighted by molar-refractivity contribution is 7.89. The molecule has 22 heavy (non-hydrogen) atoms. The van der Waals surface area contributed by atoms with E-state index in [-0.39, 0.29) is 22.0 Å². The maximum atomic E-state index is 12.4. The average molecular weight is 347 g/mol. The Balaban J connectivity index is 2.31. The van der Waals surface area contributed by atoms with Crippen molar-refractivity contribution < 1.29 is 23.1 Å². The first-order valence-corrected chi connectivity index (χ1v) is 8.37. The van der Waals surface area contributed by atoms with Crippen molar-refractivity contribution in [2.45, 2.75) is 11.3 Å². The number of sulfonamides is 1. The molecule has 1 unspecified atom stereocenters. The number of halogens is 1. The van der Waals surface area contributed by atoms with Gasteiger partial charge in [0.15, 0.2) is 0 Å². The molecule has 1 aromatic rings. The summed E-state index contributed by atoms with van der Waals surface area (Å²) in [6.07, 6.45) is 0.368. The summed E-state index contributed by atoms with van der Waals surface area (Å²) in [6.45, 7) is 0.392. The molecule has 1 saturated heterocycles. The molecular weight excluding hydrogens is 332 g/mol. The summed E-state index contributed by atoms with van der Waals surface area (Å²) in [7, 11) is -2.42. The Hall–Kier alpha value is -1.64. The summed E-state index contributed by atoms with van der Waals surface area (Å²) in [6, 6.07) is 3.84. The quantitative estimate of drug-likeness (QED) is 0.839. The normalized spacial score (nSPS) is 18.5. The molecule has 1 aromatic carbocycles. The van der Waals surface area contributed by atoms with Crippen LogP contribution in [-0.4, -0.2) is 50.4 Å². The number of nitrogens with one attached hydrogen (secondary N) is 1. The molecule has 0 radical (unpaired) electrons. The van der Waals surface area contributed by atoms with Crippen LogP contribution in [0, 0.1) is 5.92 Å². The highest BCUT2D eigenvalue weighted by atomic mass is 35.5. The molecule has 1 fully saturated rings. The molecule has 7 nitrogen and oxygen atoms in total. The monoisotopic (exact) mass is 346 g/mol. The van der Waals surface area contributed by atoms with Crippen molar-refractivity contribution in [3.8, 4) is 0 Å². The summed E-state index contributed by atoms with van der Waals surface area (Å²) >= 11 is 5.98. The van der Waals surface area contributed by atoms with E-state index in [2.05, 4.69) is 4.72 Å². The van der Waals surface area contributed by atoms with E-state index in [0.717, 1.165) is 0 Å². The standard InChI is InChI=1S/C13H15ClN2O5S/c1-15-22(20,21)9-2-3-11(14)10(6-9)12(17)16-5-4-8(7-16)13(18)19/h2-3,6,8,15H,4-5,7H2,1H3,(H,18,19). The molecule has 120 valence electrons. The fraction of sp³-hybridized carbons (Fsp3) is 0.385. The molecule has 9 heteroatoms. The molecule has 0 bridgehead atoms. The fourth-order valence-corrected chi connectivity index (χ4v) is 3.22. The lowest BCUT2D eigenvalue weighted by Gasteiger charge is -2.17. The molecule has 1 heterocycles. The van der Waals surface area contributed by atoms with Crippen molar-refractivity contribution in [1.29, 1.82) is 0 Å². The lowest BCUT2D eigenvalue weighted by atomic mass is 10.1. The summed E-state index contributed by atoms with van der Waals surface area (Å²) < 4.78 is 25.7. The lowest BCUT2D eigenvalue weighted by Crippen LogP contribution is -2.30. The first-order valence-electron chi connectivity index (χ1n) is 6.51. The van der Waals surface area contributed by atoms with Crippen molar-refractivity contribution in [3.05, 3.63) is 28.8 Å². The minimum Gasteiger partial charge on any atom is -0.481 e. The number of carbonyl (C=O) groups is 2. The number of hydrogen-bond donors (Lipinski definition) is 2. The third-order valence-electron chi connectivity index (χ3n) is 3.57. The fourth-order valence-electron chi connectivity index (χ4n) is 2.27. The smallest absolute Gasteiger partial charge is 0.308 e. The summed E-state index contributed by atoms with van der Waals surface area (Å²) in [5, 5.41) is 9.09. The maximum absolute atomic E-state index is 12.4. The molecule has 1 amide bonds. The van der Waals surface area contributed by atoms with Gasteiger partial charge in [0.2, 0.25) is 10.0 Å². The Morgan fingerprint density at radius 1 is 1.41 bits per heavy atom. The number of likely N-dealkylation sites (tertiary alicyclic amines) is 1.